The number of anilines is 1. The SMILES string of the molecule is O=S(=O)(CCC1CCC(c2cc(NCc3cccnc3)n3ncc(Br)c3n2)CC1)c1cccc(OC(F)(F)F)c1. The molecule has 1 saturated carbocycles. The Morgan fingerprint density at radius 1 is 1.07 bits per heavy atom. The van der Waals surface area contributed by atoms with Crippen molar-refractivity contribution in [3.63, 3.8) is 0 Å². The third-order valence-corrected chi connectivity index (χ3v) is 9.41. The van der Waals surface area contributed by atoms with E-state index in [9.17, 15) is 21.6 Å². The van der Waals surface area contributed by atoms with Gasteiger partial charge in [-0.25, -0.2) is 13.4 Å². The molecule has 0 aliphatic heterocycles. The highest BCUT2D eigenvalue weighted by Gasteiger charge is 2.32. The summed E-state index contributed by atoms with van der Waals surface area (Å²) in [4.78, 5) is 8.86. The van der Waals surface area contributed by atoms with E-state index in [4.69, 9.17) is 4.98 Å². The van der Waals surface area contributed by atoms with Gasteiger partial charge in [0.2, 0.25) is 0 Å². The second-order valence-corrected chi connectivity index (χ2v) is 12.8. The molecule has 1 aliphatic carbocycles. The number of hydrogen-bond donors (Lipinski definition) is 1. The standard InChI is InChI=1S/C27H27BrF3N5O3S/c28-23-17-34-36-25(33-16-19-3-2-11-32-15-19)14-24(35-26(23)36)20-8-6-18(7-9-20)10-12-40(37,38)22-5-1-4-21(13-22)39-27(29,30)31/h1-5,11,13-15,17-18,20,33H,6-10,12,16H2. The first kappa shape index (κ1) is 28.3. The Kier molecular flexibility index (Phi) is 8.31. The Bertz CT molecular complexity index is 1570. The van der Waals surface area contributed by atoms with E-state index in [1.807, 2.05) is 18.2 Å². The summed E-state index contributed by atoms with van der Waals surface area (Å²) < 4.78 is 69.7. The predicted molar refractivity (Wildman–Crippen MR) is 147 cm³/mol. The van der Waals surface area contributed by atoms with Gasteiger partial charge in [-0.05, 0) is 83.8 Å². The number of sulfone groups is 1. The average molecular weight is 639 g/mol. The zero-order chi connectivity index (χ0) is 28.3. The molecule has 0 saturated heterocycles. The molecule has 3 heterocycles. The van der Waals surface area contributed by atoms with Gasteiger partial charge in [0.15, 0.2) is 15.5 Å². The van der Waals surface area contributed by atoms with Crippen LogP contribution < -0.4 is 10.1 Å². The van der Waals surface area contributed by atoms with Gasteiger partial charge in [0.05, 0.1) is 21.3 Å². The molecule has 4 aromatic rings. The van der Waals surface area contributed by atoms with Crippen LogP contribution in [0.5, 0.6) is 5.75 Å². The number of fused-ring (bicyclic) bond motifs is 1. The average Bonchev–Trinajstić information content (AvgIpc) is 3.31. The van der Waals surface area contributed by atoms with Crippen molar-refractivity contribution < 1.29 is 26.3 Å². The molecule has 0 amide bonds. The fourth-order valence-corrected chi connectivity index (χ4v) is 6.85. The first-order chi connectivity index (χ1) is 19.1. The number of hydrogen-bond acceptors (Lipinski definition) is 7. The number of alkyl halides is 3. The summed E-state index contributed by atoms with van der Waals surface area (Å²) in [6, 6.07) is 10.5. The lowest BCUT2D eigenvalue weighted by molar-refractivity contribution is -0.274. The second-order valence-electron chi connectivity index (χ2n) is 9.86. The van der Waals surface area contributed by atoms with Crippen molar-refractivity contribution in [2.24, 2.45) is 5.92 Å². The fourth-order valence-electron chi connectivity index (χ4n) is 5.04. The summed E-state index contributed by atoms with van der Waals surface area (Å²) in [5.74, 6) is 0.564. The molecule has 8 nitrogen and oxygen atoms in total. The van der Waals surface area contributed by atoms with Gasteiger partial charge < -0.3 is 10.1 Å². The molecule has 0 radical (unpaired) electrons. The molecule has 1 aliphatic rings. The van der Waals surface area contributed by atoms with Crippen LogP contribution in [0.4, 0.5) is 19.0 Å². The zero-order valence-corrected chi connectivity index (χ0v) is 23.7. The molecule has 13 heteroatoms. The van der Waals surface area contributed by atoms with Crippen molar-refractivity contribution in [2.75, 3.05) is 11.1 Å². The Hall–Kier alpha value is -3.19. The number of pyridine rings is 1. The van der Waals surface area contributed by atoms with Crippen molar-refractivity contribution in [1.29, 1.82) is 0 Å². The molecular formula is C27H27BrF3N5O3S. The molecule has 1 N–H and O–H groups in total. The predicted octanol–water partition coefficient (Wildman–Crippen LogP) is 6.54. The Morgan fingerprint density at radius 3 is 2.60 bits per heavy atom. The third-order valence-electron chi connectivity index (χ3n) is 7.10. The Labute approximate surface area is 238 Å². The van der Waals surface area contributed by atoms with Crippen LogP contribution in [0.1, 0.15) is 49.3 Å². The van der Waals surface area contributed by atoms with Gasteiger partial charge in [-0.15, -0.1) is 13.2 Å². The molecule has 0 atom stereocenters. The molecule has 0 unspecified atom stereocenters. The summed E-state index contributed by atoms with van der Waals surface area (Å²) in [6.45, 7) is 0.580. The molecule has 0 bridgehead atoms. The maximum absolute atomic E-state index is 12.8. The van der Waals surface area contributed by atoms with E-state index in [0.717, 1.165) is 65.0 Å². The normalized spacial score (nSPS) is 18.1. The summed E-state index contributed by atoms with van der Waals surface area (Å²) in [5.41, 5.74) is 2.71. The summed E-state index contributed by atoms with van der Waals surface area (Å²) in [7, 11) is -3.75. The van der Waals surface area contributed by atoms with E-state index in [-0.39, 0.29) is 22.5 Å². The molecule has 1 fully saturated rings. The van der Waals surface area contributed by atoms with Gasteiger partial charge in [0.1, 0.15) is 11.6 Å². The molecule has 3 aromatic heterocycles. The molecule has 212 valence electrons. The third kappa shape index (κ3) is 6.92. The first-order valence-electron chi connectivity index (χ1n) is 12.8. The van der Waals surface area contributed by atoms with Crippen molar-refractivity contribution in [3.8, 4) is 5.75 Å². The van der Waals surface area contributed by atoms with Crippen LogP contribution in [0.2, 0.25) is 0 Å². The number of rotatable bonds is 9. The van der Waals surface area contributed by atoms with Crippen molar-refractivity contribution in [1.82, 2.24) is 19.6 Å². The van der Waals surface area contributed by atoms with Gasteiger partial charge >= 0.3 is 6.36 Å². The lowest BCUT2D eigenvalue weighted by Gasteiger charge is -2.28. The highest BCUT2D eigenvalue weighted by atomic mass is 79.9. The molecule has 0 spiro atoms. The number of nitrogens with zero attached hydrogens (tertiary/aromatic N) is 4. The van der Waals surface area contributed by atoms with Gasteiger partial charge in [0.25, 0.3) is 0 Å². The zero-order valence-electron chi connectivity index (χ0n) is 21.3. The van der Waals surface area contributed by atoms with E-state index < -0.39 is 21.9 Å². The molecule has 5 rings (SSSR count). The molecule has 1 aromatic carbocycles. The Balaban J connectivity index is 1.22. The van der Waals surface area contributed by atoms with Crippen LogP contribution >= 0.6 is 15.9 Å². The van der Waals surface area contributed by atoms with Gasteiger partial charge in [-0.1, -0.05) is 12.1 Å². The fraction of sp³-hybridized carbons (Fsp3) is 0.370. The van der Waals surface area contributed by atoms with Crippen LogP contribution in [0.15, 0.2) is 70.4 Å². The van der Waals surface area contributed by atoms with Gasteiger partial charge in [0, 0.05) is 36.6 Å². The lowest BCUT2D eigenvalue weighted by atomic mass is 9.79. The quantitative estimate of drug-likeness (QED) is 0.223. The number of benzene rings is 1. The number of nitrogens with one attached hydrogen (secondary N) is 1. The minimum atomic E-state index is -4.88. The van der Waals surface area contributed by atoms with Gasteiger partial charge in [-0.3, -0.25) is 4.98 Å². The van der Waals surface area contributed by atoms with Crippen molar-refractivity contribution >= 4 is 37.2 Å². The summed E-state index contributed by atoms with van der Waals surface area (Å²) in [6.07, 6.45) is 4.19. The summed E-state index contributed by atoms with van der Waals surface area (Å²) >= 11 is 3.54. The number of aromatic nitrogens is 4. The highest BCUT2D eigenvalue weighted by molar-refractivity contribution is 9.10. The largest absolute Gasteiger partial charge is 0.573 e. The summed E-state index contributed by atoms with van der Waals surface area (Å²) in [5, 5.41) is 7.87. The maximum Gasteiger partial charge on any atom is 0.573 e. The van der Waals surface area contributed by atoms with Crippen LogP contribution in [-0.4, -0.2) is 40.1 Å². The smallest absolute Gasteiger partial charge is 0.406 e. The van der Waals surface area contributed by atoms with Crippen LogP contribution in [-0.2, 0) is 16.4 Å². The Morgan fingerprint density at radius 2 is 1.88 bits per heavy atom. The van der Waals surface area contributed by atoms with E-state index >= 15 is 0 Å². The van der Waals surface area contributed by atoms with Crippen molar-refractivity contribution in [2.45, 2.75) is 55.8 Å². The minimum absolute atomic E-state index is 0.132. The van der Waals surface area contributed by atoms with E-state index in [1.54, 1.807) is 23.1 Å². The van der Waals surface area contributed by atoms with Crippen LogP contribution in [0.25, 0.3) is 5.65 Å². The highest BCUT2D eigenvalue weighted by Crippen LogP contribution is 2.38. The van der Waals surface area contributed by atoms with E-state index in [2.05, 4.69) is 36.1 Å². The van der Waals surface area contributed by atoms with Gasteiger partial charge in [-0.2, -0.15) is 9.61 Å². The maximum atomic E-state index is 12.8. The lowest BCUT2D eigenvalue weighted by Crippen LogP contribution is -2.19. The minimum Gasteiger partial charge on any atom is -0.406 e. The number of ether oxygens (including phenoxy) is 1. The second kappa shape index (κ2) is 11.7. The topological polar surface area (TPSA) is 98.5 Å². The first-order valence-corrected chi connectivity index (χ1v) is 15.3. The van der Waals surface area contributed by atoms with Crippen molar-refractivity contribution in [3.05, 3.63) is 76.8 Å². The molecular weight excluding hydrogens is 611 g/mol. The van der Waals surface area contributed by atoms with Crippen LogP contribution in [0.3, 0.4) is 0 Å². The van der Waals surface area contributed by atoms with E-state index in [0.29, 0.717) is 13.0 Å². The molecule has 40 heavy (non-hydrogen) atoms. The van der Waals surface area contributed by atoms with E-state index in [1.165, 1.54) is 12.1 Å². The number of halogens is 4. The monoisotopic (exact) mass is 637 g/mol. The van der Waals surface area contributed by atoms with Crippen LogP contribution in [0, 0.1) is 5.92 Å².